The van der Waals surface area contributed by atoms with Gasteiger partial charge in [-0.05, 0) is 49.0 Å². The van der Waals surface area contributed by atoms with Crippen molar-refractivity contribution in [1.82, 2.24) is 4.72 Å². The van der Waals surface area contributed by atoms with Crippen LogP contribution in [0.15, 0.2) is 10.3 Å². The molecule has 1 heterocycles. The van der Waals surface area contributed by atoms with E-state index in [-0.39, 0.29) is 12.6 Å². The Balaban J connectivity index is 2.14. The monoisotopic (exact) mass is 316 g/mol. The summed E-state index contributed by atoms with van der Waals surface area (Å²) in [6, 6.07) is 0.0537. The number of rotatable bonds is 4. The first-order valence-corrected chi connectivity index (χ1v) is 9.41. The number of sulfonamides is 1. The molecule has 0 atom stereocenters. The first kappa shape index (κ1) is 15.9. The highest BCUT2D eigenvalue weighted by Crippen LogP contribution is 2.36. The molecule has 0 spiro atoms. The third kappa shape index (κ3) is 3.42. The van der Waals surface area contributed by atoms with E-state index in [1.807, 2.05) is 12.3 Å². The topological polar surface area (TPSA) is 72.2 Å². The Hall–Kier alpha value is -0.430. The van der Waals surface area contributed by atoms with Crippen LogP contribution in [0, 0.1) is 12.3 Å². The zero-order valence-corrected chi connectivity index (χ0v) is 14.0. The summed E-state index contributed by atoms with van der Waals surface area (Å²) < 4.78 is 28.0. The molecule has 1 aromatic heterocycles. The minimum atomic E-state index is -3.45. The fourth-order valence-electron chi connectivity index (χ4n) is 2.78. The predicted octanol–water partition coefficient (Wildman–Crippen LogP) is 2.76. The van der Waals surface area contributed by atoms with Gasteiger partial charge in [-0.25, -0.2) is 13.1 Å². The Labute approximate surface area is 125 Å². The van der Waals surface area contributed by atoms with Crippen LogP contribution in [0.3, 0.4) is 0 Å². The van der Waals surface area contributed by atoms with Gasteiger partial charge in [-0.1, -0.05) is 13.8 Å². The molecule has 1 aromatic rings. The van der Waals surface area contributed by atoms with Gasteiger partial charge in [0.15, 0.2) is 0 Å². The molecule has 1 aliphatic carbocycles. The van der Waals surface area contributed by atoms with Crippen molar-refractivity contribution in [2.75, 3.05) is 0 Å². The average molecular weight is 316 g/mol. The third-order valence-electron chi connectivity index (χ3n) is 4.10. The zero-order chi connectivity index (χ0) is 15.0. The lowest BCUT2D eigenvalue weighted by molar-refractivity contribution is 0.218. The van der Waals surface area contributed by atoms with Crippen molar-refractivity contribution < 1.29 is 8.42 Å². The van der Waals surface area contributed by atoms with E-state index in [9.17, 15) is 8.42 Å². The summed E-state index contributed by atoms with van der Waals surface area (Å²) >= 11 is 1.42. The molecule has 0 unspecified atom stereocenters. The second-order valence-electron chi connectivity index (χ2n) is 6.43. The van der Waals surface area contributed by atoms with E-state index in [0.717, 1.165) is 36.1 Å². The molecule has 0 radical (unpaired) electrons. The quantitative estimate of drug-likeness (QED) is 0.897. The lowest BCUT2D eigenvalue weighted by Crippen LogP contribution is -2.39. The van der Waals surface area contributed by atoms with Gasteiger partial charge < -0.3 is 5.73 Å². The molecule has 0 amide bonds. The van der Waals surface area contributed by atoms with E-state index < -0.39 is 10.0 Å². The van der Waals surface area contributed by atoms with Crippen molar-refractivity contribution in [1.29, 1.82) is 0 Å². The average Bonchev–Trinajstić information content (AvgIpc) is 2.74. The summed E-state index contributed by atoms with van der Waals surface area (Å²) in [6.45, 7) is 6.58. The molecule has 4 nitrogen and oxygen atoms in total. The largest absolute Gasteiger partial charge is 0.326 e. The first-order chi connectivity index (χ1) is 9.25. The van der Waals surface area contributed by atoms with Gasteiger partial charge in [0.05, 0.1) is 0 Å². The van der Waals surface area contributed by atoms with Gasteiger partial charge in [0.25, 0.3) is 0 Å². The van der Waals surface area contributed by atoms with Gasteiger partial charge in [0, 0.05) is 17.5 Å². The Morgan fingerprint density at radius 1 is 1.40 bits per heavy atom. The van der Waals surface area contributed by atoms with Gasteiger partial charge in [-0.15, -0.1) is 11.3 Å². The maximum absolute atomic E-state index is 12.6. The van der Waals surface area contributed by atoms with E-state index in [1.54, 1.807) is 0 Å². The lowest BCUT2D eigenvalue weighted by atomic mass is 9.76. The molecule has 114 valence electrons. The fourth-order valence-corrected chi connectivity index (χ4v) is 5.79. The van der Waals surface area contributed by atoms with E-state index >= 15 is 0 Å². The summed E-state index contributed by atoms with van der Waals surface area (Å²) in [4.78, 5) is 1.14. The predicted molar refractivity (Wildman–Crippen MR) is 83.3 cm³/mol. The van der Waals surface area contributed by atoms with Crippen LogP contribution in [0.5, 0.6) is 0 Å². The van der Waals surface area contributed by atoms with E-state index in [1.165, 1.54) is 11.3 Å². The second kappa shape index (κ2) is 5.75. The molecule has 1 saturated carbocycles. The van der Waals surface area contributed by atoms with Gasteiger partial charge >= 0.3 is 0 Å². The Morgan fingerprint density at radius 2 is 2.00 bits per heavy atom. The zero-order valence-electron chi connectivity index (χ0n) is 12.4. The van der Waals surface area contributed by atoms with E-state index in [0.29, 0.717) is 10.3 Å². The Kier molecular flexibility index (Phi) is 4.59. The molecule has 3 N–H and O–H groups in total. The second-order valence-corrected chi connectivity index (χ2v) is 9.05. The molecule has 6 heteroatoms. The van der Waals surface area contributed by atoms with E-state index in [2.05, 4.69) is 18.6 Å². The normalized spacial score (nSPS) is 20.2. The highest BCUT2D eigenvalue weighted by molar-refractivity contribution is 7.89. The van der Waals surface area contributed by atoms with Crippen LogP contribution in [0.4, 0.5) is 0 Å². The summed E-state index contributed by atoms with van der Waals surface area (Å²) in [6.07, 6.45) is 3.94. The van der Waals surface area contributed by atoms with Gasteiger partial charge in [0.2, 0.25) is 10.0 Å². The number of hydrogen-bond donors (Lipinski definition) is 2. The molecule has 2 rings (SSSR count). The molecular weight excluding hydrogens is 292 g/mol. The number of hydrogen-bond acceptors (Lipinski definition) is 4. The van der Waals surface area contributed by atoms with Gasteiger partial charge in [-0.2, -0.15) is 0 Å². The third-order valence-corrected chi connectivity index (χ3v) is 7.11. The SMILES string of the molecule is Cc1csc(CN)c1S(=O)(=O)NC1CCC(C)(C)CC1. The molecule has 20 heavy (non-hydrogen) atoms. The molecular formula is C14H24N2O2S2. The van der Waals surface area contributed by atoms with Crippen LogP contribution in [-0.4, -0.2) is 14.5 Å². The number of aryl methyl sites for hydroxylation is 1. The number of nitrogens with one attached hydrogen (secondary N) is 1. The van der Waals surface area contributed by atoms with Crippen molar-refractivity contribution in [3.8, 4) is 0 Å². The summed E-state index contributed by atoms with van der Waals surface area (Å²) in [5.41, 5.74) is 6.77. The van der Waals surface area contributed by atoms with Crippen molar-refractivity contribution in [3.63, 3.8) is 0 Å². The van der Waals surface area contributed by atoms with Crippen molar-refractivity contribution in [2.24, 2.45) is 11.1 Å². The van der Waals surface area contributed by atoms with Crippen molar-refractivity contribution in [3.05, 3.63) is 15.8 Å². The molecule has 0 saturated heterocycles. The standard InChI is InChI=1S/C14H24N2O2S2/c1-10-9-19-12(8-15)13(10)20(17,18)16-11-4-6-14(2,3)7-5-11/h9,11,16H,4-8,15H2,1-3H3. The minimum absolute atomic E-state index is 0.0537. The maximum Gasteiger partial charge on any atom is 0.242 e. The van der Waals surface area contributed by atoms with E-state index in [4.69, 9.17) is 5.73 Å². The van der Waals surface area contributed by atoms with Crippen LogP contribution in [0.25, 0.3) is 0 Å². The molecule has 0 bridgehead atoms. The highest BCUT2D eigenvalue weighted by Gasteiger charge is 2.31. The summed E-state index contributed by atoms with van der Waals surface area (Å²) in [5, 5.41) is 1.86. The van der Waals surface area contributed by atoms with Gasteiger partial charge in [-0.3, -0.25) is 0 Å². The Morgan fingerprint density at radius 3 is 2.55 bits per heavy atom. The lowest BCUT2D eigenvalue weighted by Gasteiger charge is -2.34. The maximum atomic E-state index is 12.6. The van der Waals surface area contributed by atoms with Crippen LogP contribution in [-0.2, 0) is 16.6 Å². The van der Waals surface area contributed by atoms with Crippen LogP contribution < -0.4 is 10.5 Å². The molecule has 1 aliphatic rings. The molecule has 0 aromatic carbocycles. The molecule has 0 aliphatic heterocycles. The smallest absolute Gasteiger partial charge is 0.242 e. The van der Waals surface area contributed by atoms with Crippen molar-refractivity contribution >= 4 is 21.4 Å². The fraction of sp³-hybridized carbons (Fsp3) is 0.714. The van der Waals surface area contributed by atoms with Crippen LogP contribution >= 0.6 is 11.3 Å². The molecule has 1 fully saturated rings. The minimum Gasteiger partial charge on any atom is -0.326 e. The Bertz CT molecular complexity index is 566. The van der Waals surface area contributed by atoms with Crippen LogP contribution in [0.1, 0.15) is 50.0 Å². The van der Waals surface area contributed by atoms with Gasteiger partial charge in [0.1, 0.15) is 4.90 Å². The highest BCUT2D eigenvalue weighted by atomic mass is 32.2. The number of thiophene rings is 1. The van der Waals surface area contributed by atoms with Crippen LogP contribution in [0.2, 0.25) is 0 Å². The number of nitrogens with two attached hydrogens (primary N) is 1. The van der Waals surface area contributed by atoms with Crippen molar-refractivity contribution in [2.45, 2.75) is 63.9 Å². The summed E-state index contributed by atoms with van der Waals surface area (Å²) in [7, 11) is -3.45. The summed E-state index contributed by atoms with van der Waals surface area (Å²) in [5.74, 6) is 0. The first-order valence-electron chi connectivity index (χ1n) is 7.04.